The van der Waals surface area contributed by atoms with Gasteiger partial charge in [0.2, 0.25) is 10.0 Å². The Hall–Kier alpha value is -2.69. The number of para-hydroxylation sites is 1. The molecule has 0 atom stereocenters. The number of rotatable bonds is 2. The first-order valence-electron chi connectivity index (χ1n) is 6.42. The molecule has 0 radical (unpaired) electrons. The van der Waals surface area contributed by atoms with Crippen molar-refractivity contribution in [2.75, 3.05) is 0 Å². The van der Waals surface area contributed by atoms with Gasteiger partial charge in [-0.15, -0.1) is 0 Å². The lowest BCUT2D eigenvalue weighted by Crippen LogP contribution is -2.14. The average Bonchev–Trinajstić information content (AvgIpc) is 2.89. The smallest absolute Gasteiger partial charge is 0.240 e. The van der Waals surface area contributed by atoms with Gasteiger partial charge in [-0.2, -0.15) is 5.26 Å². The Morgan fingerprint density at radius 1 is 1.36 bits per heavy atom. The molecule has 3 rings (SSSR count). The Bertz CT molecular complexity index is 1030. The summed E-state index contributed by atoms with van der Waals surface area (Å²) < 4.78 is 23.7. The van der Waals surface area contributed by atoms with E-state index in [4.69, 9.17) is 10.4 Å². The molecule has 1 aromatic carbocycles. The molecule has 0 aliphatic carbocycles. The Morgan fingerprint density at radius 3 is 2.82 bits per heavy atom. The summed E-state index contributed by atoms with van der Waals surface area (Å²) in [5.41, 5.74) is 2.69. The van der Waals surface area contributed by atoms with E-state index < -0.39 is 10.0 Å². The maximum atomic E-state index is 11.9. The van der Waals surface area contributed by atoms with Gasteiger partial charge in [-0.1, -0.05) is 18.2 Å². The van der Waals surface area contributed by atoms with Crippen LogP contribution in [0.3, 0.4) is 0 Å². The second kappa shape index (κ2) is 4.94. The molecular formula is C15H12N4O2S. The summed E-state index contributed by atoms with van der Waals surface area (Å²) in [5, 5.41) is 15.1. The number of primary sulfonamides is 1. The van der Waals surface area contributed by atoms with Gasteiger partial charge in [0.1, 0.15) is 11.0 Å². The van der Waals surface area contributed by atoms with Crippen molar-refractivity contribution < 1.29 is 8.42 Å². The molecular weight excluding hydrogens is 300 g/mol. The number of aromatic amines is 1. The van der Waals surface area contributed by atoms with E-state index in [1.165, 1.54) is 6.07 Å². The average molecular weight is 312 g/mol. The number of nitrogens with two attached hydrogens (primary N) is 1. The number of nitrogens with one attached hydrogen (secondary N) is 1. The zero-order chi connectivity index (χ0) is 15.9. The summed E-state index contributed by atoms with van der Waals surface area (Å²) in [4.78, 5) is 7.21. The Labute approximate surface area is 127 Å². The number of nitriles is 1. The summed E-state index contributed by atoms with van der Waals surface area (Å²) in [6.07, 6.45) is 3.16. The van der Waals surface area contributed by atoms with E-state index in [1.807, 2.05) is 0 Å². The molecule has 0 aliphatic heterocycles. The van der Waals surface area contributed by atoms with E-state index in [2.05, 4.69) is 16.0 Å². The van der Waals surface area contributed by atoms with Crippen molar-refractivity contribution in [3.63, 3.8) is 0 Å². The number of sulfonamides is 1. The molecule has 0 bridgehead atoms. The summed E-state index contributed by atoms with van der Waals surface area (Å²) in [6.45, 7) is 1.74. The summed E-state index contributed by atoms with van der Waals surface area (Å²) in [7, 11) is -3.91. The minimum absolute atomic E-state index is 0.0342. The SMILES string of the molecule is Cc1cnc(-c2cccc3c(C#N)c[nH]c23)c(S(N)(=O)=O)c1. The van der Waals surface area contributed by atoms with Gasteiger partial charge >= 0.3 is 0 Å². The van der Waals surface area contributed by atoms with Gasteiger partial charge in [0.25, 0.3) is 0 Å². The number of hydrogen-bond acceptors (Lipinski definition) is 4. The van der Waals surface area contributed by atoms with Crippen LogP contribution in [0.15, 0.2) is 41.6 Å². The van der Waals surface area contributed by atoms with Gasteiger partial charge in [0.05, 0.1) is 16.8 Å². The fourth-order valence-electron chi connectivity index (χ4n) is 2.41. The van der Waals surface area contributed by atoms with Crippen molar-refractivity contribution in [1.82, 2.24) is 9.97 Å². The number of nitrogens with zero attached hydrogens (tertiary/aromatic N) is 2. The number of aromatic nitrogens is 2. The maximum Gasteiger partial charge on any atom is 0.240 e. The Morgan fingerprint density at radius 2 is 2.14 bits per heavy atom. The van der Waals surface area contributed by atoms with Crippen LogP contribution in [0, 0.1) is 18.3 Å². The molecule has 22 heavy (non-hydrogen) atoms. The lowest BCUT2D eigenvalue weighted by atomic mass is 10.1. The molecule has 0 spiro atoms. The van der Waals surface area contributed by atoms with E-state index in [0.29, 0.717) is 27.6 Å². The molecule has 110 valence electrons. The second-order valence-electron chi connectivity index (χ2n) is 4.95. The van der Waals surface area contributed by atoms with Gasteiger partial charge in [-0.05, 0) is 18.6 Å². The fraction of sp³-hybridized carbons (Fsp3) is 0.0667. The van der Waals surface area contributed by atoms with Crippen molar-refractivity contribution in [1.29, 1.82) is 5.26 Å². The molecule has 7 heteroatoms. The first-order valence-corrected chi connectivity index (χ1v) is 7.96. The van der Waals surface area contributed by atoms with Gasteiger partial charge in [-0.25, -0.2) is 13.6 Å². The molecule has 2 aromatic heterocycles. The van der Waals surface area contributed by atoms with Crippen LogP contribution >= 0.6 is 0 Å². The minimum atomic E-state index is -3.91. The number of pyridine rings is 1. The van der Waals surface area contributed by atoms with E-state index in [0.717, 1.165) is 0 Å². The van der Waals surface area contributed by atoms with Crippen LogP contribution in [0.4, 0.5) is 0 Å². The van der Waals surface area contributed by atoms with Crippen molar-refractivity contribution in [3.8, 4) is 17.3 Å². The number of H-pyrrole nitrogens is 1. The van der Waals surface area contributed by atoms with E-state index in [-0.39, 0.29) is 10.6 Å². The third-order valence-corrected chi connectivity index (χ3v) is 4.31. The van der Waals surface area contributed by atoms with Crippen molar-refractivity contribution in [2.24, 2.45) is 5.14 Å². The zero-order valence-corrected chi connectivity index (χ0v) is 12.5. The van der Waals surface area contributed by atoms with Gasteiger partial charge < -0.3 is 4.98 Å². The molecule has 3 aromatic rings. The fourth-order valence-corrected chi connectivity index (χ4v) is 3.19. The van der Waals surface area contributed by atoms with E-state index >= 15 is 0 Å². The van der Waals surface area contributed by atoms with Crippen LogP contribution in [0.5, 0.6) is 0 Å². The van der Waals surface area contributed by atoms with E-state index in [1.54, 1.807) is 37.5 Å². The van der Waals surface area contributed by atoms with Gasteiger partial charge in [-0.3, -0.25) is 4.98 Å². The molecule has 2 heterocycles. The van der Waals surface area contributed by atoms with E-state index in [9.17, 15) is 8.42 Å². The first kappa shape index (κ1) is 14.3. The maximum absolute atomic E-state index is 11.9. The summed E-state index contributed by atoms with van der Waals surface area (Å²) in [6, 6.07) is 8.86. The standard InChI is InChI=1S/C15H12N4O2S/c1-9-5-13(22(17,20)21)15(18-7-9)12-4-2-3-11-10(6-16)8-19-14(11)12/h2-5,7-8,19H,1H3,(H2,17,20,21). The largest absolute Gasteiger partial charge is 0.359 e. The second-order valence-corrected chi connectivity index (χ2v) is 6.48. The normalized spacial score (nSPS) is 11.5. The third kappa shape index (κ3) is 2.24. The van der Waals surface area contributed by atoms with Crippen LogP contribution < -0.4 is 5.14 Å². The molecule has 0 amide bonds. The number of aryl methyl sites for hydroxylation is 1. The van der Waals surface area contributed by atoms with Crippen LogP contribution in [0.2, 0.25) is 0 Å². The lowest BCUT2D eigenvalue weighted by Gasteiger charge is -2.09. The van der Waals surface area contributed by atoms with Crippen LogP contribution in [-0.4, -0.2) is 18.4 Å². The quantitative estimate of drug-likeness (QED) is 0.754. The number of hydrogen-bond donors (Lipinski definition) is 2. The molecule has 0 aliphatic rings. The minimum Gasteiger partial charge on any atom is -0.359 e. The highest BCUT2D eigenvalue weighted by atomic mass is 32.2. The van der Waals surface area contributed by atoms with Crippen LogP contribution in [0.1, 0.15) is 11.1 Å². The highest BCUT2D eigenvalue weighted by Crippen LogP contribution is 2.32. The predicted molar refractivity (Wildman–Crippen MR) is 82.4 cm³/mol. The summed E-state index contributed by atoms with van der Waals surface area (Å²) in [5.74, 6) is 0. The molecule has 6 nitrogen and oxygen atoms in total. The number of fused-ring (bicyclic) bond motifs is 1. The van der Waals surface area contributed by atoms with Crippen molar-refractivity contribution >= 4 is 20.9 Å². The van der Waals surface area contributed by atoms with Gasteiger partial charge in [0, 0.05) is 23.3 Å². The molecule has 3 N–H and O–H groups in total. The van der Waals surface area contributed by atoms with Crippen LogP contribution in [-0.2, 0) is 10.0 Å². The predicted octanol–water partition coefficient (Wildman–Crippen LogP) is 2.06. The monoisotopic (exact) mass is 312 g/mol. The molecule has 0 saturated heterocycles. The number of benzene rings is 1. The Kier molecular flexibility index (Phi) is 3.20. The van der Waals surface area contributed by atoms with Crippen LogP contribution in [0.25, 0.3) is 22.2 Å². The third-order valence-electron chi connectivity index (χ3n) is 3.39. The van der Waals surface area contributed by atoms with Gasteiger partial charge in [0.15, 0.2) is 0 Å². The highest BCUT2D eigenvalue weighted by molar-refractivity contribution is 7.89. The van der Waals surface area contributed by atoms with Crippen molar-refractivity contribution in [2.45, 2.75) is 11.8 Å². The lowest BCUT2D eigenvalue weighted by molar-refractivity contribution is 0.597. The Balaban J connectivity index is 2.39. The molecule has 0 saturated carbocycles. The highest BCUT2D eigenvalue weighted by Gasteiger charge is 2.19. The zero-order valence-electron chi connectivity index (χ0n) is 11.7. The first-order chi connectivity index (χ1) is 10.4. The topological polar surface area (TPSA) is 113 Å². The molecule has 0 unspecified atom stereocenters. The summed E-state index contributed by atoms with van der Waals surface area (Å²) >= 11 is 0. The van der Waals surface area contributed by atoms with Crippen molar-refractivity contribution in [3.05, 3.63) is 47.8 Å². The molecule has 0 fully saturated rings.